The fourth-order valence-corrected chi connectivity index (χ4v) is 4.43. The first kappa shape index (κ1) is 20.7. The number of nitrogens with zero attached hydrogens (tertiary/aromatic N) is 2. The third kappa shape index (κ3) is 4.50. The van der Waals surface area contributed by atoms with Crippen LogP contribution >= 0.6 is 0 Å². The lowest BCUT2D eigenvalue weighted by molar-refractivity contribution is -0.141. The van der Waals surface area contributed by atoms with Crippen LogP contribution < -0.4 is 0 Å². The molecule has 0 N–H and O–H groups in total. The summed E-state index contributed by atoms with van der Waals surface area (Å²) in [6.07, 6.45) is 2.06. The van der Waals surface area contributed by atoms with E-state index >= 15 is 0 Å². The van der Waals surface area contributed by atoms with Crippen molar-refractivity contribution in [3.8, 4) is 0 Å². The van der Waals surface area contributed by atoms with Crippen LogP contribution in [0.15, 0.2) is 24.3 Å². The Morgan fingerprint density at radius 1 is 1.07 bits per heavy atom. The molecule has 28 heavy (non-hydrogen) atoms. The number of fused-ring (bicyclic) bond motifs is 1. The van der Waals surface area contributed by atoms with Crippen molar-refractivity contribution in [1.82, 2.24) is 9.80 Å². The highest BCUT2D eigenvalue weighted by Gasteiger charge is 2.37. The Bertz CT molecular complexity index is 715. The number of carbonyl (C=O) groups excluding carboxylic acids is 2. The number of benzene rings is 1. The molecule has 0 saturated carbocycles. The second kappa shape index (κ2) is 8.14. The van der Waals surface area contributed by atoms with Crippen molar-refractivity contribution in [2.24, 2.45) is 11.8 Å². The molecule has 1 fully saturated rings. The van der Waals surface area contributed by atoms with E-state index in [0.717, 1.165) is 13.0 Å². The number of rotatable bonds is 2. The van der Waals surface area contributed by atoms with Crippen molar-refractivity contribution in [2.75, 3.05) is 19.6 Å². The average Bonchev–Trinajstić information content (AvgIpc) is 2.65. The third-order valence-electron chi connectivity index (χ3n) is 5.74. The summed E-state index contributed by atoms with van der Waals surface area (Å²) in [5.74, 6) is 0.606. The second-order valence-corrected chi connectivity index (χ2v) is 9.41. The maximum Gasteiger partial charge on any atom is 0.410 e. The third-order valence-corrected chi connectivity index (χ3v) is 5.74. The maximum absolute atomic E-state index is 13.4. The molecule has 0 radical (unpaired) electrons. The lowest BCUT2D eigenvalue weighted by atomic mass is 9.84. The largest absolute Gasteiger partial charge is 0.444 e. The monoisotopic (exact) mass is 386 g/mol. The van der Waals surface area contributed by atoms with E-state index in [4.69, 9.17) is 4.74 Å². The topological polar surface area (TPSA) is 49.9 Å². The van der Waals surface area contributed by atoms with Crippen LogP contribution in [0.2, 0.25) is 0 Å². The zero-order valence-electron chi connectivity index (χ0n) is 17.9. The van der Waals surface area contributed by atoms with Crippen LogP contribution in [-0.2, 0) is 16.0 Å². The summed E-state index contributed by atoms with van der Waals surface area (Å²) in [4.78, 5) is 29.5. The van der Waals surface area contributed by atoms with Crippen LogP contribution in [-0.4, -0.2) is 47.0 Å². The minimum Gasteiger partial charge on any atom is -0.444 e. The highest BCUT2D eigenvalue weighted by atomic mass is 16.6. The number of carbonyl (C=O) groups is 2. The highest BCUT2D eigenvalue weighted by Crippen LogP contribution is 2.37. The van der Waals surface area contributed by atoms with E-state index in [9.17, 15) is 9.59 Å². The molecule has 5 nitrogen and oxygen atoms in total. The Balaban J connectivity index is 1.66. The van der Waals surface area contributed by atoms with Crippen LogP contribution in [0.5, 0.6) is 0 Å². The predicted molar refractivity (Wildman–Crippen MR) is 110 cm³/mol. The van der Waals surface area contributed by atoms with Gasteiger partial charge in [0.05, 0.1) is 6.04 Å². The fraction of sp³-hybridized carbons (Fsp3) is 0.652. The first-order valence-corrected chi connectivity index (χ1v) is 10.5. The van der Waals surface area contributed by atoms with E-state index in [-0.39, 0.29) is 24.0 Å². The summed E-state index contributed by atoms with van der Waals surface area (Å²) >= 11 is 0. The van der Waals surface area contributed by atoms with E-state index in [1.54, 1.807) is 4.90 Å². The molecule has 2 aliphatic heterocycles. The summed E-state index contributed by atoms with van der Waals surface area (Å²) in [6, 6.07) is 8.65. The number of hydrogen-bond donors (Lipinski definition) is 0. The van der Waals surface area contributed by atoms with Gasteiger partial charge in [-0.05, 0) is 57.1 Å². The Morgan fingerprint density at radius 2 is 1.71 bits per heavy atom. The van der Waals surface area contributed by atoms with E-state index in [1.807, 2.05) is 20.8 Å². The summed E-state index contributed by atoms with van der Waals surface area (Å²) < 4.78 is 5.47. The van der Waals surface area contributed by atoms with Gasteiger partial charge in [0.1, 0.15) is 5.60 Å². The predicted octanol–water partition coefficient (Wildman–Crippen LogP) is 4.42. The van der Waals surface area contributed by atoms with Crippen molar-refractivity contribution in [3.63, 3.8) is 0 Å². The first-order chi connectivity index (χ1) is 13.2. The Kier molecular flexibility index (Phi) is 6.01. The highest BCUT2D eigenvalue weighted by molar-refractivity contribution is 5.80. The standard InChI is InChI=1S/C23H34N2O3/c1-16(2)20-19-9-7-6-8-17(19)12-15-25(20)21(26)18-10-13-24(14-11-18)22(27)28-23(3,4)5/h6-9,16,18,20H,10-15H2,1-5H3. The summed E-state index contributed by atoms with van der Waals surface area (Å²) in [7, 11) is 0. The summed E-state index contributed by atoms with van der Waals surface area (Å²) in [6.45, 7) is 12.0. The lowest BCUT2D eigenvalue weighted by Gasteiger charge is -2.42. The van der Waals surface area contributed by atoms with E-state index in [2.05, 4.69) is 43.0 Å². The van der Waals surface area contributed by atoms with Crippen molar-refractivity contribution in [1.29, 1.82) is 0 Å². The van der Waals surface area contributed by atoms with Gasteiger partial charge in [0.2, 0.25) is 5.91 Å². The normalized spacial score (nSPS) is 20.9. The molecule has 1 atom stereocenters. The SMILES string of the molecule is CC(C)C1c2ccccc2CCN1C(=O)C1CCN(C(=O)OC(C)(C)C)CC1. The van der Waals surface area contributed by atoms with Gasteiger partial charge in [0.25, 0.3) is 0 Å². The fourth-order valence-electron chi connectivity index (χ4n) is 4.43. The molecule has 2 heterocycles. The van der Waals surface area contributed by atoms with Crippen LogP contribution in [0.4, 0.5) is 4.79 Å². The number of hydrogen-bond acceptors (Lipinski definition) is 3. The minimum atomic E-state index is -0.491. The number of ether oxygens (including phenoxy) is 1. The van der Waals surface area contributed by atoms with Crippen molar-refractivity contribution in [2.45, 2.75) is 65.5 Å². The number of likely N-dealkylation sites (tertiary alicyclic amines) is 1. The van der Waals surface area contributed by atoms with Gasteiger partial charge in [-0.15, -0.1) is 0 Å². The molecule has 5 heteroatoms. The first-order valence-electron chi connectivity index (χ1n) is 10.5. The second-order valence-electron chi connectivity index (χ2n) is 9.41. The van der Waals surface area contributed by atoms with Gasteiger partial charge in [0, 0.05) is 25.6 Å². The molecular formula is C23H34N2O3. The van der Waals surface area contributed by atoms with Gasteiger partial charge in [0.15, 0.2) is 0 Å². The van der Waals surface area contributed by atoms with Crippen LogP contribution in [0, 0.1) is 11.8 Å². The van der Waals surface area contributed by atoms with Gasteiger partial charge in [-0.3, -0.25) is 4.79 Å². The van der Waals surface area contributed by atoms with Crippen molar-refractivity contribution >= 4 is 12.0 Å². The molecule has 0 spiro atoms. The van der Waals surface area contributed by atoms with E-state index in [0.29, 0.717) is 31.8 Å². The average molecular weight is 387 g/mol. The van der Waals surface area contributed by atoms with Gasteiger partial charge >= 0.3 is 6.09 Å². The summed E-state index contributed by atoms with van der Waals surface area (Å²) in [5.41, 5.74) is 2.17. The lowest BCUT2D eigenvalue weighted by Crippen LogP contribution is -2.49. The zero-order chi connectivity index (χ0) is 20.5. The van der Waals surface area contributed by atoms with Gasteiger partial charge in [-0.2, -0.15) is 0 Å². The molecule has 154 valence electrons. The van der Waals surface area contributed by atoms with Gasteiger partial charge < -0.3 is 14.5 Å². The van der Waals surface area contributed by atoms with Crippen molar-refractivity contribution < 1.29 is 14.3 Å². The molecule has 0 aliphatic carbocycles. The van der Waals surface area contributed by atoms with E-state index < -0.39 is 5.60 Å². The molecule has 0 aromatic heterocycles. The minimum absolute atomic E-state index is 0.00908. The molecular weight excluding hydrogens is 352 g/mol. The Labute approximate surface area is 169 Å². The van der Waals surface area contributed by atoms with Crippen LogP contribution in [0.3, 0.4) is 0 Å². The smallest absolute Gasteiger partial charge is 0.410 e. The summed E-state index contributed by atoms with van der Waals surface area (Å²) in [5, 5.41) is 0. The van der Waals surface area contributed by atoms with Crippen molar-refractivity contribution in [3.05, 3.63) is 35.4 Å². The maximum atomic E-state index is 13.4. The molecule has 3 rings (SSSR count). The Morgan fingerprint density at radius 3 is 2.32 bits per heavy atom. The zero-order valence-corrected chi connectivity index (χ0v) is 17.9. The number of piperidine rings is 1. The molecule has 1 aromatic rings. The Hall–Kier alpha value is -2.04. The molecule has 1 saturated heterocycles. The quantitative estimate of drug-likeness (QED) is 0.756. The number of amides is 2. The molecule has 2 amide bonds. The molecule has 1 unspecified atom stereocenters. The van der Waals surface area contributed by atoms with Crippen LogP contribution in [0.25, 0.3) is 0 Å². The molecule has 1 aromatic carbocycles. The van der Waals surface area contributed by atoms with Gasteiger partial charge in [-0.25, -0.2) is 4.79 Å². The van der Waals surface area contributed by atoms with Crippen LogP contribution in [0.1, 0.15) is 64.6 Å². The molecule has 0 bridgehead atoms. The van der Waals surface area contributed by atoms with E-state index in [1.165, 1.54) is 11.1 Å². The van der Waals surface area contributed by atoms with Gasteiger partial charge in [-0.1, -0.05) is 38.1 Å². The molecule has 2 aliphatic rings.